The van der Waals surface area contributed by atoms with Gasteiger partial charge in [-0.3, -0.25) is 0 Å². The molecule has 1 aliphatic carbocycles. The molecule has 0 bridgehead atoms. The molecule has 0 aliphatic heterocycles. The molecule has 1 saturated carbocycles. The summed E-state index contributed by atoms with van der Waals surface area (Å²) < 4.78 is 59.4. The first kappa shape index (κ1) is 19.7. The van der Waals surface area contributed by atoms with Crippen LogP contribution in [-0.2, 0) is 6.11 Å². The molecule has 146 valence electrons. The Balaban J connectivity index is 1.66. The number of hydrogen-bond acceptors (Lipinski definition) is 1. The Morgan fingerprint density at radius 3 is 2.19 bits per heavy atom. The molecule has 1 aliphatic rings. The van der Waals surface area contributed by atoms with E-state index in [2.05, 4.69) is 11.7 Å². The Bertz CT molecular complexity index is 749. The van der Waals surface area contributed by atoms with Crippen LogP contribution in [0.25, 0.3) is 0 Å². The fourth-order valence-electron chi connectivity index (χ4n) is 3.89. The van der Waals surface area contributed by atoms with Gasteiger partial charge >= 0.3 is 6.11 Å². The number of hydrogen-bond donors (Lipinski definition) is 0. The zero-order chi connectivity index (χ0) is 19.4. The predicted octanol–water partition coefficient (Wildman–Crippen LogP) is 7.17. The molecule has 0 saturated heterocycles. The predicted molar refractivity (Wildman–Crippen MR) is 96.9 cm³/mol. The third-order valence-electron chi connectivity index (χ3n) is 5.40. The van der Waals surface area contributed by atoms with Crippen molar-refractivity contribution in [1.29, 1.82) is 0 Å². The summed E-state index contributed by atoms with van der Waals surface area (Å²) >= 11 is 0. The van der Waals surface area contributed by atoms with Gasteiger partial charge in [0.25, 0.3) is 0 Å². The van der Waals surface area contributed by atoms with Gasteiger partial charge in [0.1, 0.15) is 5.75 Å². The van der Waals surface area contributed by atoms with Gasteiger partial charge in [0.15, 0.2) is 11.6 Å². The van der Waals surface area contributed by atoms with Gasteiger partial charge in [0, 0.05) is 6.07 Å². The second-order valence-electron chi connectivity index (χ2n) is 7.32. The Morgan fingerprint density at radius 2 is 1.59 bits per heavy atom. The number of alkyl halides is 2. The average Bonchev–Trinajstić information content (AvgIpc) is 2.66. The van der Waals surface area contributed by atoms with Crippen molar-refractivity contribution in [3.05, 3.63) is 65.2 Å². The average molecular weight is 380 g/mol. The van der Waals surface area contributed by atoms with Crippen molar-refractivity contribution in [2.24, 2.45) is 5.92 Å². The van der Waals surface area contributed by atoms with Crippen LogP contribution in [-0.4, -0.2) is 0 Å². The van der Waals surface area contributed by atoms with Crippen LogP contribution < -0.4 is 4.74 Å². The highest BCUT2D eigenvalue weighted by Crippen LogP contribution is 2.39. The first-order valence-corrected chi connectivity index (χ1v) is 9.51. The van der Waals surface area contributed by atoms with Crippen molar-refractivity contribution in [3.63, 3.8) is 0 Å². The molecule has 2 aromatic carbocycles. The van der Waals surface area contributed by atoms with Crippen LogP contribution in [0.1, 0.15) is 62.5 Å². The van der Waals surface area contributed by atoms with E-state index in [9.17, 15) is 17.6 Å². The SMILES string of the molecule is CCCC1CCC(c2ccc(C(F)(F)Oc3ccc(F)c(F)c3)cc2)CC1. The smallest absolute Gasteiger partial charge is 0.426 e. The summed E-state index contributed by atoms with van der Waals surface area (Å²) in [6, 6.07) is 8.52. The summed E-state index contributed by atoms with van der Waals surface area (Å²) in [5.41, 5.74) is 0.757. The minimum Gasteiger partial charge on any atom is -0.429 e. The lowest BCUT2D eigenvalue weighted by Crippen LogP contribution is -2.22. The number of halogens is 4. The van der Waals surface area contributed by atoms with Crippen LogP contribution in [0, 0.1) is 17.6 Å². The lowest BCUT2D eigenvalue weighted by Gasteiger charge is -2.29. The molecule has 0 unspecified atom stereocenters. The van der Waals surface area contributed by atoms with E-state index < -0.39 is 23.5 Å². The van der Waals surface area contributed by atoms with Gasteiger partial charge in [-0.1, -0.05) is 31.9 Å². The van der Waals surface area contributed by atoms with Crippen LogP contribution in [0.2, 0.25) is 0 Å². The standard InChI is InChI=1S/C22H24F4O/c1-2-3-15-4-6-16(7-5-15)17-8-10-18(11-9-17)22(25,26)27-19-12-13-20(23)21(24)14-19/h8-16H,2-7H2,1H3. The molecule has 0 radical (unpaired) electrons. The second-order valence-corrected chi connectivity index (χ2v) is 7.32. The second kappa shape index (κ2) is 8.32. The maximum atomic E-state index is 14.3. The van der Waals surface area contributed by atoms with Gasteiger partial charge in [-0.2, -0.15) is 8.78 Å². The van der Waals surface area contributed by atoms with Gasteiger partial charge in [-0.15, -0.1) is 0 Å². The van der Waals surface area contributed by atoms with E-state index in [-0.39, 0.29) is 5.56 Å². The first-order chi connectivity index (χ1) is 12.9. The number of benzene rings is 2. The molecule has 1 nitrogen and oxygen atoms in total. The molecule has 0 aromatic heterocycles. The van der Waals surface area contributed by atoms with Gasteiger partial charge in [0.2, 0.25) is 0 Å². The number of ether oxygens (including phenoxy) is 1. The molecular formula is C22H24F4O. The molecule has 0 amide bonds. The third-order valence-corrected chi connectivity index (χ3v) is 5.40. The van der Waals surface area contributed by atoms with Crippen LogP contribution in [0.5, 0.6) is 5.75 Å². The topological polar surface area (TPSA) is 9.23 Å². The molecule has 3 rings (SSSR count). The van der Waals surface area contributed by atoms with Crippen molar-refractivity contribution in [2.45, 2.75) is 57.5 Å². The zero-order valence-electron chi connectivity index (χ0n) is 15.4. The summed E-state index contributed by atoms with van der Waals surface area (Å²) in [6.07, 6.45) is 3.40. The first-order valence-electron chi connectivity index (χ1n) is 9.51. The maximum Gasteiger partial charge on any atom is 0.426 e. The highest BCUT2D eigenvalue weighted by atomic mass is 19.3. The molecule has 5 heteroatoms. The van der Waals surface area contributed by atoms with Gasteiger partial charge in [-0.25, -0.2) is 8.78 Å². The lowest BCUT2D eigenvalue weighted by atomic mass is 9.77. The molecule has 0 atom stereocenters. The Hall–Kier alpha value is -2.04. The van der Waals surface area contributed by atoms with Crippen LogP contribution in [0.15, 0.2) is 42.5 Å². The van der Waals surface area contributed by atoms with Gasteiger partial charge < -0.3 is 4.74 Å². The van der Waals surface area contributed by atoms with Crippen molar-refractivity contribution in [2.75, 3.05) is 0 Å². The van der Waals surface area contributed by atoms with Gasteiger partial charge in [0.05, 0.1) is 5.56 Å². The Labute approximate surface area is 157 Å². The summed E-state index contributed by atoms with van der Waals surface area (Å²) in [4.78, 5) is 0. The minimum absolute atomic E-state index is 0.310. The molecular weight excluding hydrogens is 356 g/mol. The van der Waals surface area contributed by atoms with E-state index in [1.165, 1.54) is 37.8 Å². The van der Waals surface area contributed by atoms with Crippen molar-refractivity contribution < 1.29 is 22.3 Å². The summed E-state index contributed by atoms with van der Waals surface area (Å²) in [6.45, 7) is 2.20. The quantitative estimate of drug-likeness (QED) is 0.483. The summed E-state index contributed by atoms with van der Waals surface area (Å²) in [5, 5.41) is 0. The largest absolute Gasteiger partial charge is 0.429 e. The number of rotatable bonds is 6. The monoisotopic (exact) mass is 380 g/mol. The molecule has 27 heavy (non-hydrogen) atoms. The Morgan fingerprint density at radius 1 is 0.926 bits per heavy atom. The fraction of sp³-hybridized carbons (Fsp3) is 0.455. The van der Waals surface area contributed by atoms with E-state index in [0.717, 1.165) is 36.5 Å². The molecule has 0 spiro atoms. The molecule has 1 fully saturated rings. The van der Waals surface area contributed by atoms with E-state index in [4.69, 9.17) is 0 Å². The maximum absolute atomic E-state index is 14.3. The van der Waals surface area contributed by atoms with Crippen LogP contribution in [0.4, 0.5) is 17.6 Å². The molecule has 0 heterocycles. The molecule has 0 N–H and O–H groups in total. The van der Waals surface area contributed by atoms with Crippen molar-refractivity contribution >= 4 is 0 Å². The lowest BCUT2D eigenvalue weighted by molar-refractivity contribution is -0.185. The minimum atomic E-state index is -3.62. The van der Waals surface area contributed by atoms with Crippen molar-refractivity contribution in [3.8, 4) is 5.75 Å². The Kier molecular flexibility index (Phi) is 6.08. The summed E-state index contributed by atoms with van der Waals surface area (Å²) in [5.74, 6) is -1.55. The van der Waals surface area contributed by atoms with Crippen LogP contribution in [0.3, 0.4) is 0 Å². The zero-order valence-corrected chi connectivity index (χ0v) is 15.4. The third kappa shape index (κ3) is 4.82. The van der Waals surface area contributed by atoms with E-state index >= 15 is 0 Å². The fourth-order valence-corrected chi connectivity index (χ4v) is 3.89. The van der Waals surface area contributed by atoms with E-state index in [1.54, 1.807) is 12.1 Å². The highest BCUT2D eigenvalue weighted by Gasteiger charge is 2.35. The van der Waals surface area contributed by atoms with Crippen LogP contribution >= 0.6 is 0 Å². The van der Waals surface area contributed by atoms with Crippen molar-refractivity contribution in [1.82, 2.24) is 0 Å². The van der Waals surface area contributed by atoms with E-state index in [1.807, 2.05) is 0 Å². The van der Waals surface area contributed by atoms with Gasteiger partial charge in [-0.05, 0) is 67.3 Å². The normalized spacial score (nSPS) is 20.5. The molecule has 2 aromatic rings. The highest BCUT2D eigenvalue weighted by molar-refractivity contribution is 5.30. The van der Waals surface area contributed by atoms with E-state index in [0.29, 0.717) is 12.0 Å². The summed E-state index contributed by atoms with van der Waals surface area (Å²) in [7, 11) is 0.